The molecule has 0 aliphatic heterocycles. The smallest absolute Gasteiger partial charge is 0.373 e. The average Bonchev–Trinajstić information content (AvgIpc) is 2.52. The first-order valence-electron chi connectivity index (χ1n) is 7.10. The van der Waals surface area contributed by atoms with Crippen molar-refractivity contribution in [3.8, 4) is 11.6 Å². The van der Waals surface area contributed by atoms with Crippen molar-refractivity contribution in [2.24, 2.45) is 0 Å². The lowest BCUT2D eigenvalue weighted by Gasteiger charge is -2.11. The lowest BCUT2D eigenvalue weighted by atomic mass is 10.1. The summed E-state index contributed by atoms with van der Waals surface area (Å²) in [7, 11) is 1.54. The van der Waals surface area contributed by atoms with Gasteiger partial charge in [0.25, 0.3) is 0 Å². The number of anilines is 1. The number of benzene rings is 1. The van der Waals surface area contributed by atoms with Crippen molar-refractivity contribution in [3.63, 3.8) is 0 Å². The zero-order valence-corrected chi connectivity index (χ0v) is 14.3. The van der Waals surface area contributed by atoms with Crippen molar-refractivity contribution < 1.29 is 14.4 Å². The number of nitrogens with one attached hydrogen (secondary N) is 1. The normalized spacial score (nSPS) is 10.5. The highest BCUT2D eigenvalue weighted by Crippen LogP contribution is 2.35. The molecule has 24 heavy (non-hydrogen) atoms. The fourth-order valence-corrected chi connectivity index (χ4v) is 2.19. The minimum absolute atomic E-state index is 0.0736. The van der Waals surface area contributed by atoms with Gasteiger partial charge in [-0.3, -0.25) is 10.1 Å². The van der Waals surface area contributed by atoms with Crippen molar-refractivity contribution in [1.82, 2.24) is 9.97 Å². The molecule has 1 aromatic carbocycles. The van der Waals surface area contributed by atoms with Gasteiger partial charge >= 0.3 is 11.6 Å². The van der Waals surface area contributed by atoms with E-state index in [1.54, 1.807) is 12.1 Å². The van der Waals surface area contributed by atoms with E-state index in [9.17, 15) is 10.1 Å². The minimum atomic E-state index is -0.583. The second-order valence-corrected chi connectivity index (χ2v) is 5.40. The fraction of sp³-hybridized carbons (Fsp3) is 0.333. The summed E-state index contributed by atoms with van der Waals surface area (Å²) in [6.45, 7) is 4.41. The summed E-state index contributed by atoms with van der Waals surface area (Å²) in [6, 6.07) is 3.39. The molecule has 0 aliphatic rings. The van der Waals surface area contributed by atoms with Crippen LogP contribution in [-0.4, -0.2) is 35.2 Å². The van der Waals surface area contributed by atoms with Crippen LogP contribution in [0.25, 0.3) is 0 Å². The Kier molecular flexibility index (Phi) is 5.88. The van der Waals surface area contributed by atoms with Gasteiger partial charge in [-0.25, -0.2) is 4.98 Å². The van der Waals surface area contributed by atoms with Gasteiger partial charge in [0, 0.05) is 18.7 Å². The monoisotopic (exact) mass is 352 g/mol. The summed E-state index contributed by atoms with van der Waals surface area (Å²) in [5.41, 5.74) is 1.28. The van der Waals surface area contributed by atoms with Crippen molar-refractivity contribution in [3.05, 3.63) is 44.7 Å². The summed E-state index contributed by atoms with van der Waals surface area (Å²) in [6.07, 6.45) is 1.20. The van der Waals surface area contributed by atoms with Crippen molar-refractivity contribution in [2.75, 3.05) is 25.6 Å². The van der Waals surface area contributed by atoms with E-state index in [0.717, 1.165) is 11.1 Å². The van der Waals surface area contributed by atoms with Crippen LogP contribution < -0.4 is 10.1 Å². The highest BCUT2D eigenvalue weighted by molar-refractivity contribution is 6.32. The number of hydrogen-bond donors (Lipinski definition) is 1. The molecule has 9 heteroatoms. The van der Waals surface area contributed by atoms with Crippen LogP contribution in [0.15, 0.2) is 18.5 Å². The Balaban J connectivity index is 2.36. The fourth-order valence-electron chi connectivity index (χ4n) is 2.08. The van der Waals surface area contributed by atoms with E-state index in [0.29, 0.717) is 23.9 Å². The molecule has 0 spiro atoms. The van der Waals surface area contributed by atoms with Crippen LogP contribution in [0, 0.1) is 24.0 Å². The molecule has 0 bridgehead atoms. The van der Waals surface area contributed by atoms with E-state index in [1.165, 1.54) is 13.4 Å². The van der Waals surface area contributed by atoms with Gasteiger partial charge in [0.05, 0.1) is 11.5 Å². The third-order valence-corrected chi connectivity index (χ3v) is 3.79. The number of aromatic nitrogens is 2. The lowest BCUT2D eigenvalue weighted by molar-refractivity contribution is -0.385. The Hall–Kier alpha value is -2.45. The van der Waals surface area contributed by atoms with E-state index < -0.39 is 4.92 Å². The minimum Gasteiger partial charge on any atom is -0.434 e. The Labute approximate surface area is 143 Å². The average molecular weight is 353 g/mol. The van der Waals surface area contributed by atoms with Crippen LogP contribution in [0.4, 0.5) is 11.5 Å². The predicted octanol–water partition coefficient (Wildman–Crippen LogP) is 3.51. The summed E-state index contributed by atoms with van der Waals surface area (Å²) in [5, 5.41) is 14.9. The van der Waals surface area contributed by atoms with E-state index >= 15 is 0 Å². The molecule has 8 nitrogen and oxygen atoms in total. The maximum atomic E-state index is 11.4. The van der Waals surface area contributed by atoms with Crippen LogP contribution in [0.1, 0.15) is 11.1 Å². The number of halogens is 1. The number of nitrogens with zero attached hydrogens (tertiary/aromatic N) is 3. The Morgan fingerprint density at radius 1 is 1.29 bits per heavy atom. The number of hydrogen-bond acceptors (Lipinski definition) is 7. The molecule has 1 heterocycles. The molecule has 0 amide bonds. The van der Waals surface area contributed by atoms with E-state index in [-0.39, 0.29) is 17.4 Å². The Morgan fingerprint density at radius 3 is 2.54 bits per heavy atom. The number of aryl methyl sites for hydroxylation is 2. The van der Waals surface area contributed by atoms with Crippen molar-refractivity contribution >= 4 is 23.1 Å². The number of ether oxygens (including phenoxy) is 2. The lowest BCUT2D eigenvalue weighted by Crippen LogP contribution is -2.11. The molecule has 0 atom stereocenters. The van der Waals surface area contributed by atoms with Gasteiger partial charge in [0.1, 0.15) is 12.1 Å². The summed E-state index contributed by atoms with van der Waals surface area (Å²) in [4.78, 5) is 18.6. The maximum Gasteiger partial charge on any atom is 0.373 e. The molecule has 0 saturated heterocycles. The topological polar surface area (TPSA) is 99.4 Å². The molecule has 0 fully saturated rings. The largest absolute Gasteiger partial charge is 0.434 e. The quantitative estimate of drug-likeness (QED) is 0.462. The molecule has 1 N–H and O–H groups in total. The van der Waals surface area contributed by atoms with Crippen LogP contribution in [0.5, 0.6) is 11.6 Å². The van der Waals surface area contributed by atoms with Crippen LogP contribution in [0.3, 0.4) is 0 Å². The third kappa shape index (κ3) is 4.09. The Morgan fingerprint density at radius 2 is 1.96 bits per heavy atom. The molecule has 128 valence electrons. The highest BCUT2D eigenvalue weighted by atomic mass is 35.5. The molecule has 0 radical (unpaired) electrons. The van der Waals surface area contributed by atoms with Crippen LogP contribution >= 0.6 is 11.6 Å². The summed E-state index contributed by atoms with van der Waals surface area (Å²) >= 11 is 6.12. The van der Waals surface area contributed by atoms with E-state index in [4.69, 9.17) is 21.1 Å². The first-order valence-corrected chi connectivity index (χ1v) is 7.48. The van der Waals surface area contributed by atoms with E-state index in [2.05, 4.69) is 15.3 Å². The number of methoxy groups -OCH3 is 1. The molecular formula is C15H17ClN4O4. The summed E-state index contributed by atoms with van der Waals surface area (Å²) < 4.78 is 10.5. The standard InChI is InChI=1S/C15H17ClN4O4/c1-9-6-11(7-10(2)12(9)16)24-15-13(20(21)22)14(18-8-19-15)17-4-5-23-3/h6-8H,4-5H2,1-3H3,(H,17,18,19). The Bertz CT molecular complexity index is 731. The zero-order valence-electron chi connectivity index (χ0n) is 13.5. The van der Waals surface area contributed by atoms with Crippen LogP contribution in [-0.2, 0) is 4.74 Å². The van der Waals surface area contributed by atoms with Gasteiger partial charge in [-0.2, -0.15) is 4.98 Å². The number of rotatable bonds is 7. The van der Waals surface area contributed by atoms with Gasteiger partial charge < -0.3 is 14.8 Å². The highest BCUT2D eigenvalue weighted by Gasteiger charge is 2.25. The van der Waals surface area contributed by atoms with Gasteiger partial charge in [-0.05, 0) is 37.1 Å². The van der Waals surface area contributed by atoms with Crippen LogP contribution in [0.2, 0.25) is 5.02 Å². The molecule has 1 aromatic heterocycles. The van der Waals surface area contributed by atoms with Gasteiger partial charge in [0.2, 0.25) is 5.82 Å². The zero-order chi connectivity index (χ0) is 17.7. The van der Waals surface area contributed by atoms with Gasteiger partial charge in [0.15, 0.2) is 0 Å². The first kappa shape index (κ1) is 17.9. The molecule has 0 unspecified atom stereocenters. The first-order chi connectivity index (χ1) is 11.4. The molecule has 2 aromatic rings. The SMILES string of the molecule is COCCNc1ncnc(Oc2cc(C)c(Cl)c(C)c2)c1[N+](=O)[O-]. The molecule has 0 aliphatic carbocycles. The second-order valence-electron chi connectivity index (χ2n) is 5.03. The maximum absolute atomic E-state index is 11.4. The third-order valence-electron chi connectivity index (χ3n) is 3.19. The molecule has 0 saturated carbocycles. The molecule has 2 rings (SSSR count). The number of nitro groups is 1. The van der Waals surface area contributed by atoms with Crippen molar-refractivity contribution in [1.29, 1.82) is 0 Å². The predicted molar refractivity (Wildman–Crippen MR) is 90.1 cm³/mol. The van der Waals surface area contributed by atoms with E-state index in [1.807, 2.05) is 13.8 Å². The summed E-state index contributed by atoms with van der Waals surface area (Å²) in [5.74, 6) is 0.347. The molecular weight excluding hydrogens is 336 g/mol. The van der Waals surface area contributed by atoms with Crippen molar-refractivity contribution in [2.45, 2.75) is 13.8 Å². The second kappa shape index (κ2) is 7.89. The van der Waals surface area contributed by atoms with Gasteiger partial charge in [-0.1, -0.05) is 11.6 Å². The van der Waals surface area contributed by atoms with Gasteiger partial charge in [-0.15, -0.1) is 0 Å².